The summed E-state index contributed by atoms with van der Waals surface area (Å²) in [6, 6.07) is 5.45. The van der Waals surface area contributed by atoms with Gasteiger partial charge in [-0.2, -0.15) is 0 Å². The topological polar surface area (TPSA) is 85.5 Å². The number of aliphatic hydroxyl groups is 1. The van der Waals surface area contributed by atoms with Gasteiger partial charge in [0.2, 0.25) is 11.6 Å². The molecule has 1 heterocycles. The summed E-state index contributed by atoms with van der Waals surface area (Å²) >= 11 is 11.6. The van der Waals surface area contributed by atoms with E-state index in [1.165, 1.54) is 18.3 Å². The van der Waals surface area contributed by atoms with E-state index in [0.717, 1.165) is 6.07 Å². The molecule has 0 aliphatic carbocycles. The Morgan fingerprint density at radius 3 is 2.62 bits per heavy atom. The molecule has 1 aromatic heterocycles. The Hall–Kier alpha value is -1.89. The molecule has 21 heavy (non-hydrogen) atoms. The third-order valence-corrected chi connectivity index (χ3v) is 3.38. The fourth-order valence-electron chi connectivity index (χ4n) is 1.60. The van der Waals surface area contributed by atoms with E-state index < -0.39 is 11.0 Å². The van der Waals surface area contributed by atoms with Gasteiger partial charge in [0.1, 0.15) is 0 Å². The Morgan fingerprint density at radius 2 is 2.00 bits per heavy atom. The third-order valence-electron chi connectivity index (χ3n) is 2.65. The molecule has 1 atom stereocenters. The molecule has 0 amide bonds. The zero-order chi connectivity index (χ0) is 15.6. The molecule has 0 aliphatic rings. The van der Waals surface area contributed by atoms with Gasteiger partial charge in [-0.25, -0.2) is 4.98 Å². The van der Waals surface area contributed by atoms with E-state index in [-0.39, 0.29) is 27.4 Å². The van der Waals surface area contributed by atoms with Crippen LogP contribution in [0.15, 0.2) is 30.5 Å². The van der Waals surface area contributed by atoms with Gasteiger partial charge in [-0.15, -0.1) is 0 Å². The average molecular weight is 329 g/mol. The summed E-state index contributed by atoms with van der Waals surface area (Å²) in [5.74, 6) is 0.0273. The average Bonchev–Trinajstić information content (AvgIpc) is 2.42. The van der Waals surface area contributed by atoms with E-state index in [1.54, 1.807) is 13.0 Å². The number of halogens is 2. The summed E-state index contributed by atoms with van der Waals surface area (Å²) in [6.07, 6.45) is 0.722. The van der Waals surface area contributed by atoms with Gasteiger partial charge in [-0.3, -0.25) is 10.1 Å². The van der Waals surface area contributed by atoms with Crippen molar-refractivity contribution in [1.82, 2.24) is 4.98 Å². The van der Waals surface area contributed by atoms with Crippen molar-refractivity contribution in [3.8, 4) is 11.6 Å². The van der Waals surface area contributed by atoms with E-state index in [2.05, 4.69) is 4.98 Å². The van der Waals surface area contributed by atoms with Crippen LogP contribution in [0.25, 0.3) is 0 Å². The number of benzene rings is 1. The second-order valence-electron chi connectivity index (χ2n) is 4.20. The fraction of sp³-hybridized carbons (Fsp3) is 0.154. The van der Waals surface area contributed by atoms with E-state index in [9.17, 15) is 15.2 Å². The molecule has 2 rings (SSSR count). The fourth-order valence-corrected chi connectivity index (χ4v) is 1.91. The van der Waals surface area contributed by atoms with Crippen molar-refractivity contribution in [2.45, 2.75) is 13.0 Å². The summed E-state index contributed by atoms with van der Waals surface area (Å²) in [5, 5.41) is 20.7. The summed E-state index contributed by atoms with van der Waals surface area (Å²) in [5.41, 5.74) is 0.247. The van der Waals surface area contributed by atoms with Crippen LogP contribution < -0.4 is 4.74 Å². The highest BCUT2D eigenvalue weighted by Crippen LogP contribution is 2.37. The first-order chi connectivity index (χ1) is 9.88. The highest BCUT2D eigenvalue weighted by atomic mass is 35.5. The minimum absolute atomic E-state index is 0.0569. The third kappa shape index (κ3) is 3.60. The zero-order valence-electron chi connectivity index (χ0n) is 10.8. The summed E-state index contributed by atoms with van der Waals surface area (Å²) in [7, 11) is 0. The lowest BCUT2D eigenvalue weighted by Crippen LogP contribution is -1.97. The van der Waals surface area contributed by atoms with Crippen LogP contribution in [0.1, 0.15) is 18.6 Å². The van der Waals surface area contributed by atoms with Crippen LogP contribution in [0.2, 0.25) is 10.0 Å². The zero-order valence-corrected chi connectivity index (χ0v) is 12.3. The Balaban J connectivity index is 2.41. The first-order valence-electron chi connectivity index (χ1n) is 5.84. The van der Waals surface area contributed by atoms with Crippen LogP contribution in [0.5, 0.6) is 11.6 Å². The predicted octanol–water partition coefficient (Wildman–Crippen LogP) is 4.14. The van der Waals surface area contributed by atoms with Crippen molar-refractivity contribution in [1.29, 1.82) is 0 Å². The molecule has 8 heteroatoms. The van der Waals surface area contributed by atoms with E-state index in [4.69, 9.17) is 27.9 Å². The summed E-state index contributed by atoms with van der Waals surface area (Å²) in [6.45, 7) is 1.58. The number of nitro benzene ring substituents is 1. The van der Waals surface area contributed by atoms with Crippen molar-refractivity contribution in [3.63, 3.8) is 0 Å². The smallest absolute Gasteiger partial charge is 0.313 e. The number of aromatic nitrogens is 1. The van der Waals surface area contributed by atoms with Gasteiger partial charge in [0, 0.05) is 24.4 Å². The van der Waals surface area contributed by atoms with Crippen molar-refractivity contribution >= 4 is 28.9 Å². The molecule has 0 bridgehead atoms. The van der Waals surface area contributed by atoms with Crippen LogP contribution in [0.3, 0.4) is 0 Å². The monoisotopic (exact) mass is 328 g/mol. The van der Waals surface area contributed by atoms with Gasteiger partial charge >= 0.3 is 5.69 Å². The Morgan fingerprint density at radius 1 is 1.33 bits per heavy atom. The summed E-state index contributed by atoms with van der Waals surface area (Å²) < 4.78 is 5.39. The van der Waals surface area contributed by atoms with Crippen LogP contribution in [-0.2, 0) is 0 Å². The lowest BCUT2D eigenvalue weighted by Gasteiger charge is -2.09. The molecule has 1 N–H and O–H groups in total. The Labute approximate surface area is 130 Å². The standard InChI is InChI=1S/C13H10Cl2N2O4/c1-7(18)8-2-3-16-13(4-8)21-12-6-10(15)9(14)5-11(12)17(19)20/h2-7,18H,1H3/t7-/m0/s1. The lowest BCUT2D eigenvalue weighted by atomic mass is 10.2. The van der Waals surface area contributed by atoms with E-state index in [0.29, 0.717) is 5.56 Å². The number of rotatable bonds is 4. The van der Waals surface area contributed by atoms with Gasteiger partial charge in [0.05, 0.1) is 21.1 Å². The van der Waals surface area contributed by atoms with Gasteiger partial charge in [0.15, 0.2) is 0 Å². The highest BCUT2D eigenvalue weighted by Gasteiger charge is 2.19. The molecule has 0 saturated carbocycles. The van der Waals surface area contributed by atoms with Gasteiger partial charge in [-0.05, 0) is 18.6 Å². The quantitative estimate of drug-likeness (QED) is 0.673. The molecule has 1 aromatic carbocycles. The molecule has 0 fully saturated rings. The molecule has 0 saturated heterocycles. The van der Waals surface area contributed by atoms with Crippen molar-refractivity contribution < 1.29 is 14.8 Å². The number of hydrogen-bond donors (Lipinski definition) is 1. The maximum absolute atomic E-state index is 11.0. The molecule has 0 unspecified atom stereocenters. The lowest BCUT2D eigenvalue weighted by molar-refractivity contribution is -0.385. The van der Waals surface area contributed by atoms with Crippen LogP contribution in [-0.4, -0.2) is 15.0 Å². The number of aliphatic hydroxyl groups excluding tert-OH is 1. The molecule has 110 valence electrons. The number of pyridine rings is 1. The normalized spacial score (nSPS) is 12.0. The Bertz CT molecular complexity index is 692. The first kappa shape index (κ1) is 15.5. The van der Waals surface area contributed by atoms with Crippen LogP contribution in [0.4, 0.5) is 5.69 Å². The molecule has 0 spiro atoms. The molecule has 0 aliphatic heterocycles. The first-order valence-corrected chi connectivity index (χ1v) is 6.59. The second-order valence-corrected chi connectivity index (χ2v) is 5.01. The molecule has 2 aromatic rings. The van der Waals surface area contributed by atoms with Crippen molar-refractivity contribution in [3.05, 3.63) is 56.2 Å². The number of nitro groups is 1. The minimum Gasteiger partial charge on any atom is -0.432 e. The number of nitrogens with zero attached hydrogens (tertiary/aromatic N) is 2. The largest absolute Gasteiger partial charge is 0.432 e. The predicted molar refractivity (Wildman–Crippen MR) is 78.1 cm³/mol. The van der Waals surface area contributed by atoms with Crippen molar-refractivity contribution in [2.75, 3.05) is 0 Å². The SMILES string of the molecule is C[C@H](O)c1ccnc(Oc2cc(Cl)c(Cl)cc2[N+](=O)[O-])c1. The minimum atomic E-state index is -0.709. The highest BCUT2D eigenvalue weighted by molar-refractivity contribution is 6.42. The molecule has 0 radical (unpaired) electrons. The Kier molecular flexibility index (Phi) is 4.62. The maximum atomic E-state index is 11.0. The van der Waals surface area contributed by atoms with Gasteiger partial charge in [0.25, 0.3) is 0 Å². The molecule has 6 nitrogen and oxygen atoms in total. The molecular formula is C13H10Cl2N2O4. The van der Waals surface area contributed by atoms with E-state index >= 15 is 0 Å². The van der Waals surface area contributed by atoms with Crippen LogP contribution in [0, 0.1) is 10.1 Å². The van der Waals surface area contributed by atoms with Gasteiger partial charge in [-0.1, -0.05) is 23.2 Å². The van der Waals surface area contributed by atoms with Crippen molar-refractivity contribution in [2.24, 2.45) is 0 Å². The second kappa shape index (κ2) is 6.26. The van der Waals surface area contributed by atoms with Crippen LogP contribution >= 0.6 is 23.2 Å². The number of ether oxygens (including phenoxy) is 1. The number of hydrogen-bond acceptors (Lipinski definition) is 5. The van der Waals surface area contributed by atoms with E-state index in [1.807, 2.05) is 0 Å². The maximum Gasteiger partial charge on any atom is 0.313 e. The molecular weight excluding hydrogens is 319 g/mol. The van der Waals surface area contributed by atoms with Gasteiger partial charge < -0.3 is 9.84 Å². The summed E-state index contributed by atoms with van der Waals surface area (Å²) in [4.78, 5) is 14.3.